The van der Waals surface area contributed by atoms with Gasteiger partial charge >= 0.3 is 0 Å². The predicted octanol–water partition coefficient (Wildman–Crippen LogP) is 1.61. The van der Waals surface area contributed by atoms with E-state index in [1.807, 2.05) is 0 Å². The highest BCUT2D eigenvalue weighted by Gasteiger charge is 2.11. The van der Waals surface area contributed by atoms with Gasteiger partial charge in [-0.2, -0.15) is 4.98 Å². The smallest absolute Gasteiger partial charge is 0.231 e. The number of hydrogen-bond acceptors (Lipinski definition) is 5. The van der Waals surface area contributed by atoms with Crippen molar-refractivity contribution in [2.45, 2.75) is 0 Å². The van der Waals surface area contributed by atoms with Gasteiger partial charge in [-0.25, -0.2) is 23.1 Å². The number of nitrogen functional groups attached to an aromatic ring is 1. The quantitative estimate of drug-likeness (QED) is 0.781. The fourth-order valence-electron chi connectivity index (χ4n) is 1.13. The summed E-state index contributed by atoms with van der Waals surface area (Å²) in [7, 11) is 0. The van der Waals surface area contributed by atoms with Crippen molar-refractivity contribution in [1.82, 2.24) is 15.0 Å². The van der Waals surface area contributed by atoms with Crippen molar-refractivity contribution in [3.05, 3.63) is 35.9 Å². The van der Waals surface area contributed by atoms with Crippen LogP contribution < -0.4 is 11.1 Å². The van der Waals surface area contributed by atoms with Crippen LogP contribution in [0.5, 0.6) is 0 Å². The monoisotopic (exact) mass is 241 g/mol. The molecule has 0 bridgehead atoms. The predicted molar refractivity (Wildman–Crippen MR) is 53.8 cm³/mol. The van der Waals surface area contributed by atoms with Crippen molar-refractivity contribution >= 4 is 17.6 Å². The lowest BCUT2D eigenvalue weighted by Gasteiger charge is -2.05. The molecule has 0 atom stereocenters. The number of benzene rings is 1. The van der Waals surface area contributed by atoms with Crippen LogP contribution >= 0.6 is 0 Å². The second-order valence-corrected chi connectivity index (χ2v) is 3.05. The van der Waals surface area contributed by atoms with E-state index >= 15 is 0 Å². The average molecular weight is 241 g/mol. The van der Waals surface area contributed by atoms with Crippen LogP contribution in [0.1, 0.15) is 0 Å². The van der Waals surface area contributed by atoms with Gasteiger partial charge in [-0.3, -0.25) is 0 Å². The maximum Gasteiger partial charge on any atom is 0.231 e. The highest BCUT2D eigenvalue weighted by Crippen LogP contribution is 2.19. The van der Waals surface area contributed by atoms with E-state index in [0.717, 1.165) is 18.5 Å². The Morgan fingerprint density at radius 3 is 2.29 bits per heavy atom. The molecular formula is C9H6F3N5. The summed E-state index contributed by atoms with van der Waals surface area (Å²) >= 11 is 0. The normalized spacial score (nSPS) is 10.3. The number of rotatable bonds is 2. The van der Waals surface area contributed by atoms with E-state index in [2.05, 4.69) is 20.3 Å². The van der Waals surface area contributed by atoms with Crippen LogP contribution in [-0.4, -0.2) is 15.0 Å². The van der Waals surface area contributed by atoms with Gasteiger partial charge in [0.25, 0.3) is 0 Å². The molecule has 1 aromatic heterocycles. The molecule has 3 N–H and O–H groups in total. The van der Waals surface area contributed by atoms with Crippen molar-refractivity contribution < 1.29 is 13.2 Å². The number of hydrogen-bond donors (Lipinski definition) is 2. The average Bonchev–Trinajstić information content (AvgIpc) is 2.26. The van der Waals surface area contributed by atoms with Gasteiger partial charge in [0, 0.05) is 17.8 Å². The molecule has 0 saturated carbocycles. The Kier molecular flexibility index (Phi) is 2.77. The number of nitrogens with zero attached hydrogens (tertiary/aromatic N) is 3. The van der Waals surface area contributed by atoms with Crippen LogP contribution in [0.3, 0.4) is 0 Å². The van der Waals surface area contributed by atoms with Gasteiger partial charge in [-0.1, -0.05) is 0 Å². The third-order valence-electron chi connectivity index (χ3n) is 1.83. The lowest BCUT2D eigenvalue weighted by Crippen LogP contribution is -2.03. The summed E-state index contributed by atoms with van der Waals surface area (Å²) in [5.74, 6) is -4.21. The lowest BCUT2D eigenvalue weighted by atomic mass is 10.3. The molecule has 88 valence electrons. The first kappa shape index (κ1) is 11.1. The van der Waals surface area contributed by atoms with Crippen LogP contribution in [-0.2, 0) is 0 Å². The summed E-state index contributed by atoms with van der Waals surface area (Å²) in [5.41, 5.74) is 5.25. The minimum absolute atomic E-state index is 0.00269. The lowest BCUT2D eigenvalue weighted by molar-refractivity contribution is 0.448. The highest BCUT2D eigenvalue weighted by molar-refractivity contribution is 5.53. The van der Waals surface area contributed by atoms with Crippen molar-refractivity contribution in [3.63, 3.8) is 0 Å². The molecule has 0 unspecified atom stereocenters. The Hall–Kier alpha value is -2.38. The first-order valence-corrected chi connectivity index (χ1v) is 4.42. The molecule has 1 aromatic carbocycles. The fourth-order valence-corrected chi connectivity index (χ4v) is 1.13. The molecule has 5 nitrogen and oxygen atoms in total. The SMILES string of the molecule is Nc1ncnc(Nc2cc(F)c(F)c(F)c2)n1. The van der Waals surface area contributed by atoms with E-state index in [-0.39, 0.29) is 17.6 Å². The fraction of sp³-hybridized carbons (Fsp3) is 0. The second-order valence-electron chi connectivity index (χ2n) is 3.05. The molecule has 0 aliphatic heterocycles. The first-order valence-electron chi connectivity index (χ1n) is 4.42. The standard InChI is InChI=1S/C9H6F3N5/c10-5-1-4(2-6(11)7(5)12)16-9-15-3-14-8(13)17-9/h1-3H,(H3,13,14,15,16,17). The first-order chi connectivity index (χ1) is 8.06. The summed E-state index contributed by atoms with van der Waals surface area (Å²) < 4.78 is 38.5. The topological polar surface area (TPSA) is 76.7 Å². The van der Waals surface area contributed by atoms with E-state index in [1.165, 1.54) is 0 Å². The van der Waals surface area contributed by atoms with Gasteiger partial charge in [0.05, 0.1) is 0 Å². The molecule has 0 spiro atoms. The molecule has 0 radical (unpaired) electrons. The highest BCUT2D eigenvalue weighted by atomic mass is 19.2. The number of nitrogens with two attached hydrogens (primary N) is 1. The minimum atomic E-state index is -1.54. The van der Waals surface area contributed by atoms with E-state index in [4.69, 9.17) is 5.73 Å². The Morgan fingerprint density at radius 1 is 1.06 bits per heavy atom. The minimum Gasteiger partial charge on any atom is -0.368 e. The van der Waals surface area contributed by atoms with Crippen LogP contribution in [0, 0.1) is 17.5 Å². The van der Waals surface area contributed by atoms with E-state index < -0.39 is 17.5 Å². The Morgan fingerprint density at radius 2 is 1.71 bits per heavy atom. The zero-order chi connectivity index (χ0) is 12.4. The zero-order valence-electron chi connectivity index (χ0n) is 8.28. The molecule has 0 amide bonds. The maximum atomic E-state index is 12.9. The number of anilines is 3. The van der Waals surface area contributed by atoms with E-state index in [9.17, 15) is 13.2 Å². The zero-order valence-corrected chi connectivity index (χ0v) is 8.28. The van der Waals surface area contributed by atoms with Crippen LogP contribution in [0.4, 0.5) is 30.8 Å². The molecule has 0 saturated heterocycles. The molecule has 1 heterocycles. The van der Waals surface area contributed by atoms with Crippen molar-refractivity contribution in [3.8, 4) is 0 Å². The number of aromatic nitrogens is 3. The second kappa shape index (κ2) is 4.24. The Bertz CT molecular complexity index is 537. The van der Waals surface area contributed by atoms with E-state index in [0.29, 0.717) is 0 Å². The molecule has 0 aliphatic rings. The largest absolute Gasteiger partial charge is 0.368 e. The van der Waals surface area contributed by atoms with Crippen LogP contribution in [0.25, 0.3) is 0 Å². The van der Waals surface area contributed by atoms with Gasteiger partial charge in [0.1, 0.15) is 6.33 Å². The van der Waals surface area contributed by atoms with E-state index in [1.54, 1.807) is 0 Å². The number of halogens is 3. The maximum absolute atomic E-state index is 12.9. The summed E-state index contributed by atoms with van der Waals surface area (Å²) in [6.45, 7) is 0. The molecule has 8 heteroatoms. The summed E-state index contributed by atoms with van der Waals surface area (Å²) in [6, 6.07) is 1.55. The molecule has 0 fully saturated rings. The molecular weight excluding hydrogens is 235 g/mol. The number of nitrogens with one attached hydrogen (secondary N) is 1. The van der Waals surface area contributed by atoms with Gasteiger partial charge in [0.2, 0.25) is 11.9 Å². The molecule has 0 aliphatic carbocycles. The molecule has 17 heavy (non-hydrogen) atoms. The Labute approximate surface area is 93.5 Å². The summed E-state index contributed by atoms with van der Waals surface area (Å²) in [4.78, 5) is 10.9. The van der Waals surface area contributed by atoms with Gasteiger partial charge in [-0.15, -0.1) is 0 Å². The Balaban J connectivity index is 2.31. The molecule has 2 rings (SSSR count). The van der Waals surface area contributed by atoms with Crippen molar-refractivity contribution in [2.75, 3.05) is 11.1 Å². The molecule has 2 aromatic rings. The third-order valence-corrected chi connectivity index (χ3v) is 1.83. The van der Waals surface area contributed by atoms with Gasteiger partial charge < -0.3 is 11.1 Å². The third kappa shape index (κ3) is 2.41. The van der Waals surface area contributed by atoms with Crippen LogP contribution in [0.2, 0.25) is 0 Å². The summed E-state index contributed by atoms with van der Waals surface area (Å²) in [5, 5.41) is 2.46. The summed E-state index contributed by atoms with van der Waals surface area (Å²) in [6.07, 6.45) is 1.13. The van der Waals surface area contributed by atoms with Gasteiger partial charge in [0.15, 0.2) is 17.5 Å². The van der Waals surface area contributed by atoms with Gasteiger partial charge in [-0.05, 0) is 0 Å². The van der Waals surface area contributed by atoms with Crippen LogP contribution in [0.15, 0.2) is 18.5 Å². The van der Waals surface area contributed by atoms with Crippen molar-refractivity contribution in [1.29, 1.82) is 0 Å². The van der Waals surface area contributed by atoms with Crippen molar-refractivity contribution in [2.24, 2.45) is 0 Å².